The Morgan fingerprint density at radius 2 is 1.82 bits per heavy atom. The fourth-order valence-electron chi connectivity index (χ4n) is 1.62. The Kier molecular flexibility index (Phi) is 3.13. The minimum Gasteiger partial charge on any atom is -0.381 e. The summed E-state index contributed by atoms with van der Waals surface area (Å²) in [5.41, 5.74) is -0.256. The second-order valence-corrected chi connectivity index (χ2v) is 4.41. The maximum Gasteiger partial charge on any atom is 0.141 e. The molecule has 1 heterocycles. The molecule has 1 aromatic heterocycles. The van der Waals surface area contributed by atoms with E-state index in [4.69, 9.17) is 11.6 Å². The van der Waals surface area contributed by atoms with Crippen LogP contribution in [0.15, 0.2) is 42.7 Å². The van der Waals surface area contributed by atoms with Gasteiger partial charge in [0.15, 0.2) is 0 Å². The van der Waals surface area contributed by atoms with Crippen molar-refractivity contribution in [1.82, 2.24) is 4.98 Å². The van der Waals surface area contributed by atoms with Crippen molar-refractivity contribution < 1.29 is 9.50 Å². The van der Waals surface area contributed by atoms with E-state index < -0.39 is 11.4 Å². The Hall–Kier alpha value is -1.45. The quantitative estimate of drug-likeness (QED) is 0.890. The van der Waals surface area contributed by atoms with Gasteiger partial charge in [0.2, 0.25) is 0 Å². The highest BCUT2D eigenvalue weighted by Crippen LogP contribution is 2.29. The van der Waals surface area contributed by atoms with E-state index in [2.05, 4.69) is 4.98 Å². The van der Waals surface area contributed by atoms with Crippen LogP contribution < -0.4 is 0 Å². The van der Waals surface area contributed by atoms with Crippen LogP contribution in [0.2, 0.25) is 5.02 Å². The van der Waals surface area contributed by atoms with E-state index in [1.807, 2.05) is 0 Å². The predicted molar refractivity (Wildman–Crippen MR) is 64.3 cm³/mol. The van der Waals surface area contributed by atoms with Crippen molar-refractivity contribution in [2.75, 3.05) is 0 Å². The van der Waals surface area contributed by atoms with E-state index in [1.165, 1.54) is 12.3 Å². The molecule has 2 nitrogen and oxygen atoms in total. The fraction of sp³-hybridized carbons (Fsp3) is 0.154. The third-order valence-corrected chi connectivity index (χ3v) is 2.93. The lowest BCUT2D eigenvalue weighted by atomic mass is 9.89. The highest BCUT2D eigenvalue weighted by Gasteiger charge is 2.26. The maximum atomic E-state index is 13.1. The van der Waals surface area contributed by atoms with Crippen molar-refractivity contribution in [3.05, 3.63) is 64.7 Å². The van der Waals surface area contributed by atoms with Crippen LogP contribution in [-0.4, -0.2) is 10.1 Å². The molecule has 0 spiro atoms. The van der Waals surface area contributed by atoms with Gasteiger partial charge in [-0.2, -0.15) is 0 Å². The number of hydrogen-bond donors (Lipinski definition) is 1. The number of hydrogen-bond acceptors (Lipinski definition) is 2. The fourth-order valence-corrected chi connectivity index (χ4v) is 1.75. The smallest absolute Gasteiger partial charge is 0.141 e. The number of rotatable bonds is 2. The summed E-state index contributed by atoms with van der Waals surface area (Å²) < 4.78 is 13.1. The van der Waals surface area contributed by atoms with Crippen LogP contribution in [0.1, 0.15) is 18.1 Å². The first-order valence-electron chi connectivity index (χ1n) is 5.09. The molecule has 0 aliphatic rings. The van der Waals surface area contributed by atoms with Crippen LogP contribution >= 0.6 is 11.6 Å². The Balaban J connectivity index is 2.45. The molecule has 4 heteroatoms. The molecule has 0 fully saturated rings. The zero-order chi connectivity index (χ0) is 12.5. The molecule has 1 unspecified atom stereocenters. The largest absolute Gasteiger partial charge is 0.381 e. The normalized spacial score (nSPS) is 14.4. The molecule has 2 aromatic rings. The van der Waals surface area contributed by atoms with Crippen LogP contribution in [0, 0.1) is 5.82 Å². The van der Waals surface area contributed by atoms with Crippen molar-refractivity contribution in [2.24, 2.45) is 0 Å². The Morgan fingerprint density at radius 1 is 1.18 bits per heavy atom. The van der Waals surface area contributed by atoms with Gasteiger partial charge in [-0.05, 0) is 30.7 Å². The lowest BCUT2D eigenvalue weighted by Gasteiger charge is -2.24. The van der Waals surface area contributed by atoms with E-state index in [9.17, 15) is 9.50 Å². The molecule has 88 valence electrons. The number of halogens is 2. The molecule has 2 rings (SSSR count). The molecular formula is C13H11ClFNO. The van der Waals surface area contributed by atoms with Crippen molar-refractivity contribution in [3.63, 3.8) is 0 Å². The number of nitrogens with zero attached hydrogens (tertiary/aromatic N) is 1. The van der Waals surface area contributed by atoms with Crippen LogP contribution in [0.4, 0.5) is 4.39 Å². The minimum absolute atomic E-state index is 0.403. The minimum atomic E-state index is -1.29. The molecule has 0 saturated carbocycles. The lowest BCUT2D eigenvalue weighted by molar-refractivity contribution is 0.101. The van der Waals surface area contributed by atoms with Crippen LogP contribution in [-0.2, 0) is 5.60 Å². The molecule has 0 bridgehead atoms. The Morgan fingerprint density at radius 3 is 2.41 bits per heavy atom. The molecule has 0 radical (unpaired) electrons. The van der Waals surface area contributed by atoms with E-state index in [-0.39, 0.29) is 0 Å². The Bertz CT molecular complexity index is 525. The summed E-state index contributed by atoms with van der Waals surface area (Å²) in [7, 11) is 0. The second-order valence-electron chi connectivity index (χ2n) is 3.97. The van der Waals surface area contributed by atoms with Crippen molar-refractivity contribution in [3.8, 4) is 0 Å². The highest BCUT2D eigenvalue weighted by molar-refractivity contribution is 6.30. The predicted octanol–water partition coefficient (Wildman–Crippen LogP) is 3.13. The number of pyridine rings is 1. The molecule has 1 aromatic carbocycles. The summed E-state index contributed by atoms with van der Waals surface area (Å²) >= 11 is 5.78. The zero-order valence-electron chi connectivity index (χ0n) is 9.19. The third kappa shape index (κ3) is 2.46. The van der Waals surface area contributed by atoms with Gasteiger partial charge in [-0.15, -0.1) is 0 Å². The summed E-state index contributed by atoms with van der Waals surface area (Å²) in [5, 5.41) is 11.0. The van der Waals surface area contributed by atoms with E-state index in [0.717, 1.165) is 6.20 Å². The van der Waals surface area contributed by atoms with Gasteiger partial charge in [-0.1, -0.05) is 23.7 Å². The average molecular weight is 252 g/mol. The first kappa shape index (κ1) is 12.0. The van der Waals surface area contributed by atoms with Crippen molar-refractivity contribution in [2.45, 2.75) is 12.5 Å². The molecule has 0 amide bonds. The van der Waals surface area contributed by atoms with Crippen molar-refractivity contribution >= 4 is 11.6 Å². The van der Waals surface area contributed by atoms with Gasteiger partial charge in [0, 0.05) is 16.8 Å². The molecule has 0 saturated heterocycles. The van der Waals surface area contributed by atoms with Gasteiger partial charge < -0.3 is 5.11 Å². The summed E-state index contributed by atoms with van der Waals surface area (Å²) in [4.78, 5) is 3.73. The van der Waals surface area contributed by atoms with Crippen LogP contribution in [0.5, 0.6) is 0 Å². The zero-order valence-corrected chi connectivity index (χ0v) is 9.95. The van der Waals surface area contributed by atoms with E-state index >= 15 is 0 Å². The molecule has 1 atom stereocenters. The SMILES string of the molecule is CC(O)(c1ccc(Cl)cc1)c1cncc(F)c1. The number of aliphatic hydroxyl groups is 1. The second kappa shape index (κ2) is 4.43. The molecule has 17 heavy (non-hydrogen) atoms. The number of aromatic nitrogens is 1. The molecule has 0 aliphatic carbocycles. The van der Waals surface area contributed by atoms with Crippen molar-refractivity contribution in [1.29, 1.82) is 0 Å². The Labute approximate surface area is 104 Å². The number of benzene rings is 1. The molecule has 0 aliphatic heterocycles. The average Bonchev–Trinajstić information content (AvgIpc) is 2.29. The van der Waals surface area contributed by atoms with E-state index in [1.54, 1.807) is 31.2 Å². The summed E-state index contributed by atoms with van der Waals surface area (Å²) in [6.07, 6.45) is 2.54. The summed E-state index contributed by atoms with van der Waals surface area (Å²) in [5.74, 6) is -0.475. The van der Waals surface area contributed by atoms with Crippen LogP contribution in [0.25, 0.3) is 0 Å². The first-order valence-corrected chi connectivity index (χ1v) is 5.47. The van der Waals surface area contributed by atoms with Gasteiger partial charge in [0.25, 0.3) is 0 Å². The highest BCUT2D eigenvalue weighted by atomic mass is 35.5. The first-order chi connectivity index (χ1) is 8.00. The molecule has 1 N–H and O–H groups in total. The third-order valence-electron chi connectivity index (χ3n) is 2.67. The lowest BCUT2D eigenvalue weighted by Crippen LogP contribution is -2.23. The standard InChI is InChI=1S/C13H11ClFNO/c1-13(17,9-2-4-11(14)5-3-9)10-6-12(15)8-16-7-10/h2-8,17H,1H3. The molecular weight excluding hydrogens is 241 g/mol. The van der Waals surface area contributed by atoms with Gasteiger partial charge >= 0.3 is 0 Å². The summed E-state index contributed by atoms with van der Waals surface area (Å²) in [6, 6.07) is 8.03. The van der Waals surface area contributed by atoms with Gasteiger partial charge in [-0.25, -0.2) is 4.39 Å². The topological polar surface area (TPSA) is 33.1 Å². The van der Waals surface area contributed by atoms with Gasteiger partial charge in [-0.3, -0.25) is 4.98 Å². The summed E-state index contributed by atoms with van der Waals surface area (Å²) in [6.45, 7) is 1.59. The van der Waals surface area contributed by atoms with E-state index in [0.29, 0.717) is 16.1 Å². The van der Waals surface area contributed by atoms with Gasteiger partial charge in [0.05, 0.1) is 6.20 Å². The monoisotopic (exact) mass is 251 g/mol. The van der Waals surface area contributed by atoms with Gasteiger partial charge in [0.1, 0.15) is 11.4 Å². The van der Waals surface area contributed by atoms with Crippen LogP contribution in [0.3, 0.4) is 0 Å². The maximum absolute atomic E-state index is 13.1.